The Labute approximate surface area is 83.9 Å². The lowest BCUT2D eigenvalue weighted by atomic mass is 10.00. The molecule has 0 fully saturated rings. The van der Waals surface area contributed by atoms with Gasteiger partial charge in [0.2, 0.25) is 0 Å². The highest BCUT2D eigenvalue weighted by molar-refractivity contribution is 5.97. The van der Waals surface area contributed by atoms with E-state index in [0.717, 1.165) is 17.7 Å². The van der Waals surface area contributed by atoms with E-state index in [0.29, 0.717) is 5.56 Å². The Balaban J connectivity index is 2.52. The van der Waals surface area contributed by atoms with Crippen LogP contribution in [0.25, 0.3) is 0 Å². The number of hydrogen-bond donors (Lipinski definition) is 0. The number of ketones is 1. The van der Waals surface area contributed by atoms with E-state index in [4.69, 9.17) is 4.74 Å². The fraction of sp³-hybridized carbons (Fsp3) is 0.417. The van der Waals surface area contributed by atoms with Crippen LogP contribution in [-0.4, -0.2) is 11.4 Å². The fourth-order valence-electron chi connectivity index (χ4n) is 1.89. The van der Waals surface area contributed by atoms with Crippen LogP contribution in [0.1, 0.15) is 36.7 Å². The van der Waals surface area contributed by atoms with Crippen molar-refractivity contribution in [2.45, 2.75) is 32.8 Å². The molecule has 74 valence electrons. The second-order valence-corrected chi connectivity index (χ2v) is 4.39. The Morgan fingerprint density at radius 2 is 2.14 bits per heavy atom. The van der Waals surface area contributed by atoms with Gasteiger partial charge in [0.05, 0.1) is 5.56 Å². The van der Waals surface area contributed by atoms with Crippen LogP contribution in [0, 0.1) is 0 Å². The van der Waals surface area contributed by atoms with Gasteiger partial charge in [-0.15, -0.1) is 0 Å². The number of para-hydroxylation sites is 1. The summed E-state index contributed by atoms with van der Waals surface area (Å²) in [7, 11) is 0. The van der Waals surface area contributed by atoms with Crippen molar-refractivity contribution in [1.29, 1.82) is 0 Å². The van der Waals surface area contributed by atoms with Crippen LogP contribution in [-0.2, 0) is 6.42 Å². The average molecular weight is 190 g/mol. The summed E-state index contributed by atoms with van der Waals surface area (Å²) in [5.74, 6) is 0.851. The zero-order valence-corrected chi connectivity index (χ0v) is 8.76. The number of ether oxygens (including phenoxy) is 1. The van der Waals surface area contributed by atoms with Crippen LogP contribution in [0.4, 0.5) is 0 Å². The van der Waals surface area contributed by atoms with E-state index < -0.39 is 0 Å². The first-order valence-electron chi connectivity index (χ1n) is 4.81. The molecule has 0 bridgehead atoms. The Morgan fingerprint density at radius 1 is 1.43 bits per heavy atom. The van der Waals surface area contributed by atoms with Gasteiger partial charge in [-0.25, -0.2) is 0 Å². The first-order valence-corrected chi connectivity index (χ1v) is 4.81. The highest BCUT2D eigenvalue weighted by Crippen LogP contribution is 2.37. The maximum Gasteiger partial charge on any atom is 0.163 e. The third-order valence-corrected chi connectivity index (χ3v) is 2.47. The van der Waals surface area contributed by atoms with Crippen molar-refractivity contribution >= 4 is 5.78 Å². The summed E-state index contributed by atoms with van der Waals surface area (Å²) in [6.07, 6.45) is 0.878. The normalized spacial score (nSPS) is 17.4. The molecule has 0 atom stereocenters. The molecule has 0 saturated carbocycles. The van der Waals surface area contributed by atoms with Crippen LogP contribution >= 0.6 is 0 Å². The predicted molar refractivity (Wildman–Crippen MR) is 54.9 cm³/mol. The van der Waals surface area contributed by atoms with Crippen LogP contribution in [0.3, 0.4) is 0 Å². The molecule has 0 saturated heterocycles. The zero-order chi connectivity index (χ0) is 10.3. The van der Waals surface area contributed by atoms with E-state index in [1.165, 1.54) is 0 Å². The lowest BCUT2D eigenvalue weighted by molar-refractivity contribution is 0.0998. The van der Waals surface area contributed by atoms with Crippen molar-refractivity contribution in [3.05, 3.63) is 29.3 Å². The highest BCUT2D eigenvalue weighted by Gasteiger charge is 2.32. The number of benzene rings is 1. The number of hydrogen-bond acceptors (Lipinski definition) is 2. The molecule has 0 spiro atoms. The van der Waals surface area contributed by atoms with Crippen molar-refractivity contribution in [2.24, 2.45) is 0 Å². The molecule has 0 N–H and O–H groups in total. The van der Waals surface area contributed by atoms with Crippen LogP contribution in [0.2, 0.25) is 0 Å². The van der Waals surface area contributed by atoms with Gasteiger partial charge in [0, 0.05) is 6.42 Å². The summed E-state index contributed by atoms with van der Waals surface area (Å²) < 4.78 is 5.77. The summed E-state index contributed by atoms with van der Waals surface area (Å²) in [5.41, 5.74) is 1.67. The molecule has 1 aliphatic heterocycles. The van der Waals surface area contributed by atoms with Crippen LogP contribution in [0.15, 0.2) is 18.2 Å². The number of carbonyl (C=O) groups excluding carboxylic acids is 1. The first kappa shape index (κ1) is 9.25. The molecule has 1 aliphatic rings. The lowest BCUT2D eigenvalue weighted by Gasteiger charge is -2.17. The van der Waals surface area contributed by atoms with E-state index in [2.05, 4.69) is 0 Å². The first-order chi connectivity index (χ1) is 6.49. The molecule has 0 radical (unpaired) electrons. The minimum atomic E-state index is -0.173. The minimum Gasteiger partial charge on any atom is -0.486 e. The number of fused-ring (bicyclic) bond motifs is 1. The van der Waals surface area contributed by atoms with Crippen LogP contribution in [0.5, 0.6) is 5.75 Å². The summed E-state index contributed by atoms with van der Waals surface area (Å²) >= 11 is 0. The van der Waals surface area contributed by atoms with Crippen LogP contribution < -0.4 is 4.74 Å². The molecule has 2 heteroatoms. The Kier molecular flexibility index (Phi) is 1.88. The quantitative estimate of drug-likeness (QED) is 0.636. The second-order valence-electron chi connectivity index (χ2n) is 4.39. The zero-order valence-electron chi connectivity index (χ0n) is 8.76. The molecule has 2 rings (SSSR count). The van der Waals surface area contributed by atoms with Gasteiger partial charge >= 0.3 is 0 Å². The van der Waals surface area contributed by atoms with E-state index >= 15 is 0 Å². The van der Waals surface area contributed by atoms with Gasteiger partial charge < -0.3 is 4.74 Å². The van der Waals surface area contributed by atoms with Gasteiger partial charge in [-0.2, -0.15) is 0 Å². The maximum absolute atomic E-state index is 11.3. The number of Topliss-reactive ketones (excluding diaryl/α,β-unsaturated/α-hetero) is 1. The number of carbonyl (C=O) groups is 1. The van der Waals surface area contributed by atoms with E-state index in [-0.39, 0.29) is 11.4 Å². The Hall–Kier alpha value is -1.31. The van der Waals surface area contributed by atoms with Crippen molar-refractivity contribution in [2.75, 3.05) is 0 Å². The van der Waals surface area contributed by atoms with Crippen molar-refractivity contribution in [3.8, 4) is 5.75 Å². The van der Waals surface area contributed by atoms with Gasteiger partial charge in [-0.1, -0.05) is 12.1 Å². The van der Waals surface area contributed by atoms with E-state index in [1.54, 1.807) is 6.92 Å². The predicted octanol–water partition coefficient (Wildman–Crippen LogP) is 2.60. The Bertz CT molecular complexity index is 391. The smallest absolute Gasteiger partial charge is 0.163 e. The van der Waals surface area contributed by atoms with Gasteiger partial charge in [-0.05, 0) is 32.4 Å². The molecule has 0 aliphatic carbocycles. The van der Waals surface area contributed by atoms with Gasteiger partial charge in [0.1, 0.15) is 11.4 Å². The maximum atomic E-state index is 11.3. The van der Waals surface area contributed by atoms with Crippen molar-refractivity contribution < 1.29 is 9.53 Å². The van der Waals surface area contributed by atoms with E-state index in [9.17, 15) is 4.79 Å². The topological polar surface area (TPSA) is 26.3 Å². The molecule has 14 heavy (non-hydrogen) atoms. The third-order valence-electron chi connectivity index (χ3n) is 2.47. The average Bonchev–Trinajstić information content (AvgIpc) is 2.36. The molecule has 1 aromatic rings. The molecule has 1 aromatic carbocycles. The highest BCUT2D eigenvalue weighted by atomic mass is 16.5. The molecule has 0 unspecified atom stereocenters. The molecule has 2 nitrogen and oxygen atoms in total. The fourth-order valence-corrected chi connectivity index (χ4v) is 1.89. The summed E-state index contributed by atoms with van der Waals surface area (Å²) in [4.78, 5) is 11.3. The Morgan fingerprint density at radius 3 is 2.79 bits per heavy atom. The molecule has 0 amide bonds. The molecule has 1 heterocycles. The SMILES string of the molecule is CC(=O)c1cccc2c1OC(C)(C)C2. The summed E-state index contributed by atoms with van der Waals surface area (Å²) in [6.45, 7) is 5.65. The minimum absolute atomic E-state index is 0.0690. The lowest BCUT2D eigenvalue weighted by Crippen LogP contribution is -2.25. The largest absolute Gasteiger partial charge is 0.486 e. The molecule has 0 aromatic heterocycles. The summed E-state index contributed by atoms with van der Waals surface area (Å²) in [6, 6.07) is 5.76. The number of rotatable bonds is 1. The second kappa shape index (κ2) is 2.84. The molecular weight excluding hydrogens is 176 g/mol. The van der Waals surface area contributed by atoms with Crippen molar-refractivity contribution in [3.63, 3.8) is 0 Å². The van der Waals surface area contributed by atoms with Gasteiger partial charge in [-0.3, -0.25) is 4.79 Å². The molecular formula is C12H14O2. The van der Waals surface area contributed by atoms with Gasteiger partial charge in [0.15, 0.2) is 5.78 Å². The third kappa shape index (κ3) is 1.41. The summed E-state index contributed by atoms with van der Waals surface area (Å²) in [5, 5.41) is 0. The van der Waals surface area contributed by atoms with Gasteiger partial charge in [0.25, 0.3) is 0 Å². The monoisotopic (exact) mass is 190 g/mol. The van der Waals surface area contributed by atoms with E-state index in [1.807, 2.05) is 32.0 Å². The standard InChI is InChI=1S/C12H14O2/c1-8(13)10-6-4-5-9-7-12(2,3)14-11(9)10/h4-6H,7H2,1-3H3. The van der Waals surface area contributed by atoms with Crippen molar-refractivity contribution in [1.82, 2.24) is 0 Å².